The summed E-state index contributed by atoms with van der Waals surface area (Å²) in [5.41, 5.74) is 1.12. The third kappa shape index (κ3) is 14.3. The van der Waals surface area contributed by atoms with Gasteiger partial charge in [0.1, 0.15) is 0 Å². The first-order valence-corrected chi connectivity index (χ1v) is 12.2. The fourth-order valence-electron chi connectivity index (χ4n) is 3.18. The maximum atomic E-state index is 12.8. The van der Waals surface area contributed by atoms with Gasteiger partial charge in [0.25, 0.3) is 0 Å². The number of hydrogen-bond donors (Lipinski definition) is 0. The van der Waals surface area contributed by atoms with Gasteiger partial charge in [0, 0.05) is 11.1 Å². The average molecular weight is 411 g/mol. The highest BCUT2D eigenvalue weighted by molar-refractivity contribution is 6.00. The smallest absolute Gasteiger partial charge is 0.334 e. The third-order valence-corrected chi connectivity index (χ3v) is 5.13. The Morgan fingerprint density at radius 3 is 1.28 bits per heavy atom. The Bertz CT molecular complexity index is 454. The molecule has 0 aromatic rings. The van der Waals surface area contributed by atoms with Crippen LogP contribution >= 0.6 is 0 Å². The number of rotatable bonds is 19. The van der Waals surface area contributed by atoms with E-state index in [9.17, 15) is 9.59 Å². The number of carbonyl (C=O) groups is 2. The van der Waals surface area contributed by atoms with Crippen LogP contribution in [-0.2, 0) is 19.1 Å². The van der Waals surface area contributed by atoms with Crippen molar-refractivity contribution in [2.45, 2.75) is 124 Å². The molecule has 0 aromatic heterocycles. The van der Waals surface area contributed by atoms with Gasteiger partial charge in [-0.05, 0) is 38.5 Å². The first kappa shape index (κ1) is 27.7. The molecule has 0 unspecified atom stereocenters. The zero-order valence-corrected chi connectivity index (χ0v) is 19.7. The van der Waals surface area contributed by atoms with Crippen molar-refractivity contribution < 1.29 is 19.1 Å². The van der Waals surface area contributed by atoms with Crippen LogP contribution in [0.2, 0.25) is 0 Å². The zero-order chi connectivity index (χ0) is 21.7. The van der Waals surface area contributed by atoms with Crippen LogP contribution in [0.15, 0.2) is 11.1 Å². The van der Waals surface area contributed by atoms with E-state index >= 15 is 0 Å². The highest BCUT2D eigenvalue weighted by Gasteiger charge is 2.23. The summed E-state index contributed by atoms with van der Waals surface area (Å²) in [5.74, 6) is -0.631. The van der Waals surface area contributed by atoms with Crippen molar-refractivity contribution >= 4 is 11.9 Å². The zero-order valence-electron chi connectivity index (χ0n) is 19.7. The van der Waals surface area contributed by atoms with Gasteiger partial charge in [-0.25, -0.2) is 9.59 Å². The van der Waals surface area contributed by atoms with Crippen molar-refractivity contribution in [1.82, 2.24) is 0 Å². The summed E-state index contributed by atoms with van der Waals surface area (Å²) in [6.45, 7) is 9.33. The van der Waals surface area contributed by atoms with E-state index in [2.05, 4.69) is 27.7 Å². The predicted octanol–water partition coefficient (Wildman–Crippen LogP) is 7.30. The summed E-state index contributed by atoms with van der Waals surface area (Å²) < 4.78 is 11.0. The Morgan fingerprint density at radius 1 is 0.483 bits per heavy atom. The lowest BCUT2D eigenvalue weighted by Crippen LogP contribution is -2.18. The fourth-order valence-corrected chi connectivity index (χ4v) is 3.18. The minimum Gasteiger partial charge on any atom is -0.462 e. The molecule has 0 spiro atoms. The van der Waals surface area contributed by atoms with Crippen LogP contribution in [-0.4, -0.2) is 25.2 Å². The van der Waals surface area contributed by atoms with E-state index in [1.807, 2.05) is 0 Å². The second-order valence-electron chi connectivity index (χ2n) is 7.91. The Balaban J connectivity index is 5.26. The quantitative estimate of drug-likeness (QED) is 0.127. The van der Waals surface area contributed by atoms with Gasteiger partial charge in [-0.3, -0.25) is 0 Å². The Kier molecular flexibility index (Phi) is 19.1. The lowest BCUT2D eigenvalue weighted by molar-refractivity contribution is -0.142. The summed E-state index contributed by atoms with van der Waals surface area (Å²) in [6, 6.07) is 0. The van der Waals surface area contributed by atoms with Crippen molar-refractivity contribution in [2.75, 3.05) is 13.2 Å². The van der Waals surface area contributed by atoms with Crippen molar-refractivity contribution in [3.63, 3.8) is 0 Å². The summed E-state index contributed by atoms with van der Waals surface area (Å²) >= 11 is 0. The van der Waals surface area contributed by atoms with E-state index in [1.54, 1.807) is 0 Å². The highest BCUT2D eigenvalue weighted by Crippen LogP contribution is 2.23. The van der Waals surface area contributed by atoms with Crippen LogP contribution < -0.4 is 0 Å². The SMILES string of the molecule is CCCCCCCC/C(C(=O)OCCCC)=C(\CCCCC)C(=O)OCCCC. The molecule has 0 bridgehead atoms. The molecular weight excluding hydrogens is 364 g/mol. The Morgan fingerprint density at radius 2 is 0.828 bits per heavy atom. The van der Waals surface area contributed by atoms with E-state index < -0.39 is 0 Å². The standard InChI is InChI=1S/C25H46O4/c1-5-9-13-14-15-17-19-23(25(27)29-21-12-8-4)22(18-16-10-6-2)24(26)28-20-11-7-3/h5-21H2,1-4H3/b23-22-. The lowest BCUT2D eigenvalue weighted by atomic mass is 9.96. The first-order chi connectivity index (χ1) is 14.1. The van der Waals surface area contributed by atoms with Crippen LogP contribution in [0.25, 0.3) is 0 Å². The number of esters is 2. The molecule has 0 amide bonds. The first-order valence-electron chi connectivity index (χ1n) is 12.2. The van der Waals surface area contributed by atoms with Crippen molar-refractivity contribution in [1.29, 1.82) is 0 Å². The molecule has 0 aliphatic rings. The normalized spacial score (nSPS) is 11.9. The third-order valence-electron chi connectivity index (χ3n) is 5.13. The predicted molar refractivity (Wildman–Crippen MR) is 121 cm³/mol. The Labute approximate surface area is 179 Å². The van der Waals surface area contributed by atoms with Crippen molar-refractivity contribution in [3.8, 4) is 0 Å². The maximum absolute atomic E-state index is 12.8. The van der Waals surface area contributed by atoms with Gasteiger partial charge in [0.05, 0.1) is 13.2 Å². The molecule has 0 atom stereocenters. The summed E-state index contributed by atoms with van der Waals surface area (Å²) in [5, 5.41) is 0. The molecule has 0 saturated heterocycles. The molecule has 4 nitrogen and oxygen atoms in total. The van der Waals surface area contributed by atoms with Crippen LogP contribution in [0.3, 0.4) is 0 Å². The van der Waals surface area contributed by atoms with Crippen LogP contribution in [0, 0.1) is 0 Å². The monoisotopic (exact) mass is 410 g/mol. The molecule has 0 aliphatic carbocycles. The van der Waals surface area contributed by atoms with Gasteiger partial charge in [0.2, 0.25) is 0 Å². The summed E-state index contributed by atoms with van der Waals surface area (Å²) in [7, 11) is 0. The molecule has 29 heavy (non-hydrogen) atoms. The van der Waals surface area contributed by atoms with E-state index in [4.69, 9.17) is 9.47 Å². The van der Waals surface area contributed by atoms with E-state index in [-0.39, 0.29) is 11.9 Å². The fraction of sp³-hybridized carbons (Fsp3) is 0.840. The highest BCUT2D eigenvalue weighted by atomic mass is 16.5. The van der Waals surface area contributed by atoms with E-state index in [0.717, 1.165) is 57.8 Å². The van der Waals surface area contributed by atoms with Crippen LogP contribution in [0.1, 0.15) is 124 Å². The number of ether oxygens (including phenoxy) is 2. The molecule has 0 heterocycles. The number of unbranched alkanes of at least 4 members (excludes halogenated alkanes) is 9. The van der Waals surface area contributed by atoms with Gasteiger partial charge >= 0.3 is 11.9 Å². The minimum absolute atomic E-state index is 0.314. The van der Waals surface area contributed by atoms with Gasteiger partial charge in [-0.2, -0.15) is 0 Å². The van der Waals surface area contributed by atoms with Crippen molar-refractivity contribution in [3.05, 3.63) is 11.1 Å². The molecule has 0 fully saturated rings. The second kappa shape index (κ2) is 20.0. The van der Waals surface area contributed by atoms with Gasteiger partial charge in [0.15, 0.2) is 0 Å². The lowest BCUT2D eigenvalue weighted by Gasteiger charge is -2.15. The molecule has 0 rings (SSSR count). The largest absolute Gasteiger partial charge is 0.462 e. The van der Waals surface area contributed by atoms with Gasteiger partial charge in [-0.15, -0.1) is 0 Å². The van der Waals surface area contributed by atoms with E-state index in [0.29, 0.717) is 37.2 Å². The average Bonchev–Trinajstić information content (AvgIpc) is 2.71. The van der Waals surface area contributed by atoms with Gasteiger partial charge < -0.3 is 9.47 Å². The molecule has 170 valence electrons. The second-order valence-corrected chi connectivity index (χ2v) is 7.91. The molecule has 0 aliphatic heterocycles. The number of hydrogen-bond acceptors (Lipinski definition) is 4. The topological polar surface area (TPSA) is 52.6 Å². The Hall–Kier alpha value is -1.32. The van der Waals surface area contributed by atoms with E-state index in [1.165, 1.54) is 25.7 Å². The van der Waals surface area contributed by atoms with Gasteiger partial charge in [-0.1, -0.05) is 85.5 Å². The molecule has 0 radical (unpaired) electrons. The minimum atomic E-state index is -0.317. The summed E-state index contributed by atoms with van der Waals surface area (Å²) in [4.78, 5) is 25.6. The summed E-state index contributed by atoms with van der Waals surface area (Å²) in [6.07, 6.45) is 14.8. The molecule has 0 aromatic carbocycles. The molecule has 4 heteroatoms. The molecular formula is C25H46O4. The molecule has 0 saturated carbocycles. The van der Waals surface area contributed by atoms with Crippen LogP contribution in [0.4, 0.5) is 0 Å². The molecule has 0 N–H and O–H groups in total. The number of carbonyl (C=O) groups excluding carboxylic acids is 2. The maximum Gasteiger partial charge on any atom is 0.334 e. The van der Waals surface area contributed by atoms with Crippen molar-refractivity contribution in [2.24, 2.45) is 0 Å². The van der Waals surface area contributed by atoms with Crippen LogP contribution in [0.5, 0.6) is 0 Å².